The van der Waals surface area contributed by atoms with Crippen molar-refractivity contribution >= 4 is 49.3 Å². The molecule has 0 aliphatic carbocycles. The number of hydrogen-bond acceptors (Lipinski definition) is 4. The van der Waals surface area contributed by atoms with Crippen LogP contribution in [0.5, 0.6) is 0 Å². The van der Waals surface area contributed by atoms with E-state index < -0.39 is 17.6 Å². The molecule has 0 heterocycles. The van der Waals surface area contributed by atoms with Gasteiger partial charge in [0.1, 0.15) is 15.7 Å². The van der Waals surface area contributed by atoms with Crippen molar-refractivity contribution < 1.29 is 19.0 Å². The molecule has 0 spiro atoms. The molecule has 0 fully saturated rings. The van der Waals surface area contributed by atoms with E-state index in [4.69, 9.17) is 15.7 Å². The van der Waals surface area contributed by atoms with Crippen molar-refractivity contribution in [3.05, 3.63) is 36.4 Å². The van der Waals surface area contributed by atoms with Gasteiger partial charge in [0.2, 0.25) is 5.87 Å². The SMILES string of the molecule is [B]C([B])OC(=O)[B]C(=O)O[B][B]C(/C=C\C)=C/C=C. The first kappa shape index (κ1) is 17.5. The molecule has 0 atom stereocenters. The Morgan fingerprint density at radius 1 is 1.32 bits per heavy atom. The third-order valence-corrected chi connectivity index (χ3v) is 1.60. The number of hydrogen-bond donors (Lipinski definition) is 0. The summed E-state index contributed by atoms with van der Waals surface area (Å²) in [6.45, 7) is 5.39. The van der Waals surface area contributed by atoms with Crippen LogP contribution in [0.15, 0.2) is 36.4 Å². The van der Waals surface area contributed by atoms with Crippen LogP contribution in [0.4, 0.5) is 9.59 Å². The van der Waals surface area contributed by atoms with E-state index in [1.807, 2.05) is 13.0 Å². The Morgan fingerprint density at radius 2 is 2.00 bits per heavy atom. The number of carbonyl (C=O) groups is 2. The fourth-order valence-electron chi connectivity index (χ4n) is 0.973. The van der Waals surface area contributed by atoms with Crippen LogP contribution in [0.25, 0.3) is 0 Å². The Hall–Kier alpha value is -1.52. The van der Waals surface area contributed by atoms with Crippen LogP contribution in [0.1, 0.15) is 6.92 Å². The highest BCUT2D eigenvalue weighted by Gasteiger charge is 2.17. The first-order chi connectivity index (χ1) is 8.99. The maximum absolute atomic E-state index is 11.2. The van der Waals surface area contributed by atoms with Gasteiger partial charge in [0.05, 0.1) is 0 Å². The number of allylic oxidation sites excluding steroid dienone is 5. The van der Waals surface area contributed by atoms with E-state index >= 15 is 0 Å². The van der Waals surface area contributed by atoms with Crippen LogP contribution in [0.2, 0.25) is 0 Å². The third-order valence-electron chi connectivity index (χ3n) is 1.60. The second kappa shape index (κ2) is 10.4. The first-order valence-corrected chi connectivity index (χ1v) is 5.38. The van der Waals surface area contributed by atoms with Gasteiger partial charge in [-0.3, -0.25) is 9.59 Å². The molecular formula is C10H10B5O4. The highest BCUT2D eigenvalue weighted by molar-refractivity contribution is 7.04. The maximum Gasteiger partial charge on any atom is 0.402 e. The summed E-state index contributed by atoms with van der Waals surface area (Å²) in [5.41, 5.74) is 0.775. The average Bonchev–Trinajstić information content (AvgIpc) is 2.28. The molecule has 0 rings (SSSR count). The van der Waals surface area contributed by atoms with Gasteiger partial charge in [0.15, 0.2) is 7.17 Å². The topological polar surface area (TPSA) is 52.6 Å². The molecule has 19 heavy (non-hydrogen) atoms. The summed E-state index contributed by atoms with van der Waals surface area (Å²) in [7, 11) is 13.3. The lowest BCUT2D eigenvalue weighted by Gasteiger charge is -2.08. The zero-order valence-corrected chi connectivity index (χ0v) is 10.6. The van der Waals surface area contributed by atoms with E-state index in [0.29, 0.717) is 7.28 Å². The smallest absolute Gasteiger partial charge is 0.402 e. The van der Waals surface area contributed by atoms with E-state index in [0.717, 1.165) is 12.8 Å². The molecule has 0 aromatic heterocycles. The van der Waals surface area contributed by atoms with Crippen LogP contribution >= 0.6 is 0 Å². The summed E-state index contributed by atoms with van der Waals surface area (Å²) in [6, 6.07) is 0. The van der Waals surface area contributed by atoms with Gasteiger partial charge < -0.3 is 9.39 Å². The molecule has 0 unspecified atom stereocenters. The number of rotatable bonds is 8. The summed E-state index contributed by atoms with van der Waals surface area (Å²) >= 11 is 0. The molecule has 0 aromatic carbocycles. The second-order valence-electron chi connectivity index (χ2n) is 3.19. The molecule has 0 N–H and O–H groups in total. The molecule has 4 nitrogen and oxygen atoms in total. The second-order valence-corrected chi connectivity index (χ2v) is 3.19. The van der Waals surface area contributed by atoms with Gasteiger partial charge in [-0.2, -0.15) is 0 Å². The lowest BCUT2D eigenvalue weighted by atomic mass is 9.45. The molecule has 0 saturated heterocycles. The van der Waals surface area contributed by atoms with Gasteiger partial charge in [-0.15, -0.1) is 0 Å². The van der Waals surface area contributed by atoms with Gasteiger partial charge in [0, 0.05) is 5.90 Å². The molecule has 0 saturated carbocycles. The van der Waals surface area contributed by atoms with Crippen molar-refractivity contribution in [3.8, 4) is 0 Å². The minimum absolute atomic E-state index is 0.601. The van der Waals surface area contributed by atoms with Crippen molar-refractivity contribution in [1.29, 1.82) is 0 Å². The van der Waals surface area contributed by atoms with E-state index in [1.54, 1.807) is 18.2 Å². The average molecular weight is 248 g/mol. The fraction of sp³-hybridized carbons (Fsp3) is 0.200. The van der Waals surface area contributed by atoms with E-state index in [2.05, 4.69) is 16.0 Å². The van der Waals surface area contributed by atoms with Crippen LogP contribution in [0, 0.1) is 0 Å². The molecule has 0 amide bonds. The largest absolute Gasteiger partial charge is 0.556 e. The Balaban J connectivity index is 4.00. The van der Waals surface area contributed by atoms with Crippen molar-refractivity contribution in [2.24, 2.45) is 0 Å². The number of ether oxygens (including phenoxy) is 1. The molecule has 9 heteroatoms. The van der Waals surface area contributed by atoms with Crippen molar-refractivity contribution in [2.75, 3.05) is 0 Å². The molecule has 0 aliphatic heterocycles. The van der Waals surface area contributed by atoms with Crippen LogP contribution in [-0.4, -0.2) is 55.2 Å². The van der Waals surface area contributed by atoms with Gasteiger partial charge in [-0.05, 0) is 6.92 Å². The van der Waals surface area contributed by atoms with Crippen molar-refractivity contribution in [2.45, 2.75) is 12.8 Å². The quantitative estimate of drug-likeness (QED) is 0.463. The first-order valence-electron chi connectivity index (χ1n) is 5.38. The molecule has 0 aromatic rings. The van der Waals surface area contributed by atoms with Gasteiger partial charge in [-0.1, -0.05) is 36.4 Å². The standard InChI is InChI=1S/C10H10B5O4/c1-3-5-7(6-4-2)14-15-19-10(17)13-9(16)18-8(11)12/h3-6,8H,1H2,2H3/b6-4-,7-5+. The van der Waals surface area contributed by atoms with E-state index in [9.17, 15) is 9.59 Å². The van der Waals surface area contributed by atoms with Crippen LogP contribution < -0.4 is 0 Å². The minimum Gasteiger partial charge on any atom is -0.556 e. The van der Waals surface area contributed by atoms with Gasteiger partial charge in [-0.25, -0.2) is 0 Å². The van der Waals surface area contributed by atoms with Gasteiger partial charge in [0.25, 0.3) is 5.87 Å². The molecule has 89 valence electrons. The summed E-state index contributed by atoms with van der Waals surface area (Å²) < 4.78 is 8.98. The Labute approximate surface area is 118 Å². The van der Waals surface area contributed by atoms with E-state index in [-0.39, 0.29) is 0 Å². The monoisotopic (exact) mass is 249 g/mol. The van der Waals surface area contributed by atoms with Crippen molar-refractivity contribution in [3.63, 3.8) is 0 Å². The lowest BCUT2D eigenvalue weighted by molar-refractivity contribution is 0.181. The minimum atomic E-state index is -1.27. The zero-order chi connectivity index (χ0) is 14.7. The van der Waals surface area contributed by atoms with Crippen molar-refractivity contribution in [1.82, 2.24) is 0 Å². The number of carbonyl (C=O) groups excluding carboxylic acids is 2. The summed E-state index contributed by atoms with van der Waals surface area (Å²) in [5, 5.41) is 0. The summed E-state index contributed by atoms with van der Waals surface area (Å²) in [5.74, 6) is -3.13. The normalized spacial score (nSPS) is 10.9. The third kappa shape index (κ3) is 10.1. The lowest BCUT2D eigenvalue weighted by Crippen LogP contribution is -2.28. The van der Waals surface area contributed by atoms with E-state index in [1.165, 1.54) is 7.17 Å². The van der Waals surface area contributed by atoms with Crippen LogP contribution in [-0.2, 0) is 9.39 Å². The highest BCUT2D eigenvalue weighted by Crippen LogP contribution is 1.95. The summed E-state index contributed by atoms with van der Waals surface area (Å²) in [4.78, 5) is 22.1. The van der Waals surface area contributed by atoms with Crippen LogP contribution in [0.3, 0.4) is 0 Å². The highest BCUT2D eigenvalue weighted by atomic mass is 16.5. The Bertz CT molecular complexity index is 378. The maximum atomic E-state index is 11.2. The molecular weight excluding hydrogens is 238 g/mol. The molecule has 7 radical (unpaired) electrons. The summed E-state index contributed by atoms with van der Waals surface area (Å²) in [6.07, 6.45) is 6.91. The Kier molecular flexibility index (Phi) is 9.58. The zero-order valence-electron chi connectivity index (χ0n) is 10.6. The molecule has 0 aliphatic rings. The molecule has 0 bridgehead atoms. The predicted molar refractivity (Wildman–Crippen MR) is 78.6 cm³/mol. The predicted octanol–water partition coefficient (Wildman–Crippen LogP) is 0.469. The van der Waals surface area contributed by atoms with Gasteiger partial charge >= 0.3 is 14.7 Å². The Morgan fingerprint density at radius 3 is 2.53 bits per heavy atom. The fourth-order valence-corrected chi connectivity index (χ4v) is 0.973.